The van der Waals surface area contributed by atoms with Crippen molar-refractivity contribution in [2.75, 3.05) is 5.43 Å². The van der Waals surface area contributed by atoms with Crippen molar-refractivity contribution in [1.82, 2.24) is 0 Å². The van der Waals surface area contributed by atoms with Gasteiger partial charge in [-0.25, -0.2) is 0 Å². The van der Waals surface area contributed by atoms with Crippen LogP contribution in [0.15, 0.2) is 56.4 Å². The third kappa shape index (κ3) is 5.89. The molecule has 34 heavy (non-hydrogen) atoms. The summed E-state index contributed by atoms with van der Waals surface area (Å²) < 4.78 is 12.0. The standard InChI is InChI=1S/C24H28N4O6/c1-4-16(25-26-21-12-8-17(27(29)30)15-22(21)28(31)32)7-11-20(23-13-9-18(5-2)33-23)24-14-10-19(6-3)34-24/h8-10,12-15,20,26H,4-7,11H2,1-3H3/b25-16+. The van der Waals surface area contributed by atoms with E-state index in [1.54, 1.807) is 0 Å². The topological polar surface area (TPSA) is 137 Å². The van der Waals surface area contributed by atoms with Gasteiger partial charge in [0.15, 0.2) is 0 Å². The zero-order valence-corrected chi connectivity index (χ0v) is 19.4. The fourth-order valence-corrected chi connectivity index (χ4v) is 3.61. The smallest absolute Gasteiger partial charge is 0.301 e. The Labute approximate surface area is 197 Å². The Hall–Kier alpha value is -3.95. The molecule has 1 N–H and O–H groups in total. The summed E-state index contributed by atoms with van der Waals surface area (Å²) in [4.78, 5) is 21.0. The highest BCUT2D eigenvalue weighted by atomic mass is 16.6. The number of nitro groups is 2. The summed E-state index contributed by atoms with van der Waals surface area (Å²) in [6.07, 6.45) is 3.48. The van der Waals surface area contributed by atoms with Gasteiger partial charge >= 0.3 is 5.69 Å². The largest absolute Gasteiger partial charge is 0.465 e. The summed E-state index contributed by atoms with van der Waals surface area (Å²) in [6, 6.07) is 11.3. The summed E-state index contributed by atoms with van der Waals surface area (Å²) in [5.74, 6) is 3.36. The number of aryl methyl sites for hydroxylation is 2. The Kier molecular flexibility index (Phi) is 8.18. The van der Waals surface area contributed by atoms with Gasteiger partial charge in [-0.05, 0) is 49.6 Å². The van der Waals surface area contributed by atoms with E-state index in [2.05, 4.69) is 10.5 Å². The number of non-ortho nitro benzene ring substituents is 1. The second-order valence-corrected chi connectivity index (χ2v) is 7.77. The Bertz CT molecular complexity index is 1140. The van der Waals surface area contributed by atoms with Gasteiger partial charge in [0.1, 0.15) is 28.7 Å². The van der Waals surface area contributed by atoms with Gasteiger partial charge in [0.2, 0.25) is 0 Å². The Balaban J connectivity index is 1.79. The van der Waals surface area contributed by atoms with Crippen LogP contribution in [0.1, 0.15) is 69.0 Å². The van der Waals surface area contributed by atoms with Crippen molar-refractivity contribution in [3.63, 3.8) is 0 Å². The molecule has 0 saturated carbocycles. The van der Waals surface area contributed by atoms with Crippen molar-refractivity contribution in [3.8, 4) is 0 Å². The first kappa shape index (κ1) is 24.7. The molecule has 0 aliphatic heterocycles. The molecule has 0 spiro atoms. The van der Waals surface area contributed by atoms with Gasteiger partial charge in [0, 0.05) is 24.6 Å². The quantitative estimate of drug-likeness (QED) is 0.179. The number of hydrogen-bond donors (Lipinski definition) is 1. The van der Waals surface area contributed by atoms with Crippen molar-refractivity contribution in [2.24, 2.45) is 5.10 Å². The van der Waals surface area contributed by atoms with E-state index in [4.69, 9.17) is 8.83 Å². The highest BCUT2D eigenvalue weighted by Gasteiger charge is 2.23. The van der Waals surface area contributed by atoms with Crippen molar-refractivity contribution in [3.05, 3.63) is 85.7 Å². The number of hydrazone groups is 1. The third-order valence-corrected chi connectivity index (χ3v) is 5.60. The van der Waals surface area contributed by atoms with Crippen LogP contribution in [-0.2, 0) is 12.8 Å². The highest BCUT2D eigenvalue weighted by molar-refractivity contribution is 5.85. The Morgan fingerprint density at radius 2 is 1.56 bits per heavy atom. The average Bonchev–Trinajstić information content (AvgIpc) is 3.51. The molecule has 1 aromatic carbocycles. The number of rotatable bonds is 12. The first-order valence-corrected chi connectivity index (χ1v) is 11.3. The maximum atomic E-state index is 11.4. The lowest BCUT2D eigenvalue weighted by Gasteiger charge is -2.13. The molecule has 2 heterocycles. The molecule has 2 aromatic heterocycles. The molecule has 10 nitrogen and oxygen atoms in total. The molecule has 180 valence electrons. The molecular weight excluding hydrogens is 440 g/mol. The first-order valence-electron chi connectivity index (χ1n) is 11.3. The first-order chi connectivity index (χ1) is 16.4. The summed E-state index contributed by atoms with van der Waals surface area (Å²) in [5.41, 5.74) is 2.85. The highest BCUT2D eigenvalue weighted by Crippen LogP contribution is 2.33. The predicted molar refractivity (Wildman–Crippen MR) is 128 cm³/mol. The van der Waals surface area contributed by atoms with Crippen LogP contribution < -0.4 is 5.43 Å². The van der Waals surface area contributed by atoms with Crippen LogP contribution in [0.3, 0.4) is 0 Å². The van der Waals surface area contributed by atoms with Crippen LogP contribution in [0, 0.1) is 20.2 Å². The summed E-state index contributed by atoms with van der Waals surface area (Å²) in [6.45, 7) is 6.01. The lowest BCUT2D eigenvalue weighted by Crippen LogP contribution is -2.07. The average molecular weight is 469 g/mol. The van der Waals surface area contributed by atoms with Crippen LogP contribution in [0.2, 0.25) is 0 Å². The molecule has 0 unspecified atom stereocenters. The lowest BCUT2D eigenvalue weighted by atomic mass is 9.95. The van der Waals surface area contributed by atoms with E-state index in [1.807, 2.05) is 45.0 Å². The summed E-state index contributed by atoms with van der Waals surface area (Å²) in [7, 11) is 0. The minimum atomic E-state index is -0.672. The van der Waals surface area contributed by atoms with Gasteiger partial charge < -0.3 is 8.83 Å². The van der Waals surface area contributed by atoms with E-state index in [0.717, 1.165) is 47.7 Å². The van der Waals surface area contributed by atoms with E-state index in [9.17, 15) is 20.2 Å². The zero-order valence-electron chi connectivity index (χ0n) is 19.4. The van der Waals surface area contributed by atoms with Gasteiger partial charge in [-0.3, -0.25) is 25.7 Å². The summed E-state index contributed by atoms with van der Waals surface area (Å²) >= 11 is 0. The van der Waals surface area contributed by atoms with E-state index >= 15 is 0 Å². The predicted octanol–water partition coefficient (Wildman–Crippen LogP) is 6.60. The summed E-state index contributed by atoms with van der Waals surface area (Å²) in [5, 5.41) is 26.7. The van der Waals surface area contributed by atoms with Crippen molar-refractivity contribution < 1.29 is 18.7 Å². The van der Waals surface area contributed by atoms with Crippen LogP contribution >= 0.6 is 0 Å². The molecule has 0 aliphatic carbocycles. The number of nitrogens with one attached hydrogen (secondary N) is 1. The molecule has 3 rings (SSSR count). The molecule has 0 aliphatic rings. The molecule has 0 atom stereocenters. The lowest BCUT2D eigenvalue weighted by molar-refractivity contribution is -0.393. The number of anilines is 1. The zero-order chi connectivity index (χ0) is 24.7. The Morgan fingerprint density at radius 3 is 2.03 bits per heavy atom. The number of furan rings is 2. The van der Waals surface area contributed by atoms with Crippen LogP contribution in [0.5, 0.6) is 0 Å². The van der Waals surface area contributed by atoms with E-state index in [0.29, 0.717) is 19.3 Å². The monoisotopic (exact) mass is 468 g/mol. The van der Waals surface area contributed by atoms with E-state index < -0.39 is 15.5 Å². The molecule has 10 heteroatoms. The second-order valence-electron chi connectivity index (χ2n) is 7.77. The molecule has 0 amide bonds. The third-order valence-electron chi connectivity index (χ3n) is 5.60. The molecule has 0 fully saturated rings. The van der Waals surface area contributed by atoms with E-state index in [-0.39, 0.29) is 17.3 Å². The molecule has 3 aromatic rings. The fourth-order valence-electron chi connectivity index (χ4n) is 3.61. The van der Waals surface area contributed by atoms with Gasteiger partial charge in [-0.2, -0.15) is 5.10 Å². The number of nitrogens with zero attached hydrogens (tertiary/aromatic N) is 3. The molecule has 0 radical (unpaired) electrons. The Morgan fingerprint density at radius 1 is 0.941 bits per heavy atom. The molecule has 0 bridgehead atoms. The minimum Gasteiger partial charge on any atom is -0.465 e. The van der Waals surface area contributed by atoms with Gasteiger partial charge in [0.25, 0.3) is 5.69 Å². The van der Waals surface area contributed by atoms with Crippen molar-refractivity contribution in [1.29, 1.82) is 0 Å². The maximum Gasteiger partial charge on any atom is 0.301 e. The van der Waals surface area contributed by atoms with Crippen LogP contribution in [0.4, 0.5) is 17.1 Å². The van der Waals surface area contributed by atoms with Gasteiger partial charge in [-0.15, -0.1) is 0 Å². The van der Waals surface area contributed by atoms with Crippen molar-refractivity contribution in [2.45, 2.75) is 58.8 Å². The maximum absolute atomic E-state index is 11.4. The second kappa shape index (κ2) is 11.3. The van der Waals surface area contributed by atoms with Gasteiger partial charge in [-0.1, -0.05) is 20.8 Å². The van der Waals surface area contributed by atoms with Crippen molar-refractivity contribution >= 4 is 22.8 Å². The number of hydrogen-bond acceptors (Lipinski definition) is 8. The number of benzene rings is 1. The fraction of sp³-hybridized carbons (Fsp3) is 0.375. The van der Waals surface area contributed by atoms with Gasteiger partial charge in [0.05, 0.1) is 21.8 Å². The van der Waals surface area contributed by atoms with E-state index in [1.165, 1.54) is 12.1 Å². The van der Waals surface area contributed by atoms with Crippen LogP contribution in [-0.4, -0.2) is 15.6 Å². The molecular formula is C24H28N4O6. The molecule has 0 saturated heterocycles. The van der Waals surface area contributed by atoms with Crippen LogP contribution in [0.25, 0.3) is 0 Å². The minimum absolute atomic E-state index is 0.0916. The SMILES string of the molecule is CC/C(CCC(c1ccc(CC)o1)c1ccc(CC)o1)=N\Nc1ccc([N+](=O)[O-])cc1[N+](=O)[O-]. The number of nitro benzene ring substituents is 2. The normalized spacial score (nSPS) is 11.7.